The van der Waals surface area contributed by atoms with Crippen LogP contribution in [0.15, 0.2) is 35.4 Å². The fraction of sp³-hybridized carbons (Fsp3) is 0.385. The van der Waals surface area contributed by atoms with Crippen molar-refractivity contribution in [2.24, 2.45) is 5.73 Å². The van der Waals surface area contributed by atoms with Crippen molar-refractivity contribution < 1.29 is 0 Å². The largest absolute Gasteiger partial charge is 0.323 e. The molecule has 0 fully saturated rings. The first-order chi connectivity index (χ1) is 8.74. The lowest BCUT2D eigenvalue weighted by molar-refractivity contribution is 0.619. The van der Waals surface area contributed by atoms with Crippen LogP contribution in [0.2, 0.25) is 0 Å². The van der Waals surface area contributed by atoms with Crippen molar-refractivity contribution in [3.63, 3.8) is 0 Å². The van der Waals surface area contributed by atoms with E-state index in [1.807, 2.05) is 18.3 Å². The topological polar surface area (TPSA) is 56.7 Å². The van der Waals surface area contributed by atoms with Crippen LogP contribution in [0.5, 0.6) is 0 Å². The van der Waals surface area contributed by atoms with Crippen LogP contribution in [-0.2, 0) is 0 Å². The Morgan fingerprint density at radius 1 is 1.44 bits per heavy atom. The number of hydrogen-bond donors (Lipinski definition) is 1. The highest BCUT2D eigenvalue weighted by atomic mass is 32.2. The van der Waals surface area contributed by atoms with Gasteiger partial charge in [-0.2, -0.15) is 0 Å². The molecule has 1 heterocycles. The number of rotatable bonds is 5. The molecule has 2 rings (SSSR count). The van der Waals surface area contributed by atoms with Gasteiger partial charge in [-0.25, -0.2) is 4.68 Å². The van der Waals surface area contributed by atoms with Crippen LogP contribution in [0.1, 0.15) is 31.5 Å². The highest BCUT2D eigenvalue weighted by Crippen LogP contribution is 2.19. The number of benzene rings is 1. The normalized spacial score (nSPS) is 12.6. The van der Waals surface area contributed by atoms with Crippen molar-refractivity contribution in [3.05, 3.63) is 36.2 Å². The Labute approximate surface area is 112 Å². The molecule has 0 aliphatic carbocycles. The average Bonchev–Trinajstić information content (AvgIpc) is 2.89. The first kappa shape index (κ1) is 13.1. The molecule has 2 N–H and O–H groups in total. The predicted molar refractivity (Wildman–Crippen MR) is 75.0 cm³/mol. The summed E-state index contributed by atoms with van der Waals surface area (Å²) in [6, 6.07) is 8.19. The third-order valence-electron chi connectivity index (χ3n) is 2.81. The predicted octanol–water partition coefficient (Wildman–Crippen LogP) is 2.79. The van der Waals surface area contributed by atoms with E-state index in [0.29, 0.717) is 0 Å². The molecule has 5 heteroatoms. The maximum Gasteiger partial charge on any atom is 0.0998 e. The van der Waals surface area contributed by atoms with E-state index in [1.165, 1.54) is 4.90 Å². The highest BCUT2D eigenvalue weighted by Gasteiger charge is 2.10. The minimum absolute atomic E-state index is 0.0208. The fourth-order valence-electron chi connectivity index (χ4n) is 1.78. The smallest absolute Gasteiger partial charge is 0.0998 e. The summed E-state index contributed by atoms with van der Waals surface area (Å²) >= 11 is 1.71. The number of nitrogens with zero attached hydrogens (tertiary/aromatic N) is 3. The molecule has 0 saturated carbocycles. The first-order valence-electron chi connectivity index (χ1n) is 6.07. The molecule has 4 nitrogen and oxygen atoms in total. The van der Waals surface area contributed by atoms with Gasteiger partial charge in [0.2, 0.25) is 0 Å². The zero-order valence-corrected chi connectivity index (χ0v) is 11.5. The maximum absolute atomic E-state index is 6.03. The van der Waals surface area contributed by atoms with E-state index in [2.05, 4.69) is 35.6 Å². The Morgan fingerprint density at radius 3 is 3.00 bits per heavy atom. The number of thioether (sulfide) groups is 1. The molecule has 1 aromatic carbocycles. The van der Waals surface area contributed by atoms with E-state index in [0.717, 1.165) is 24.2 Å². The van der Waals surface area contributed by atoms with Crippen LogP contribution in [0.4, 0.5) is 0 Å². The van der Waals surface area contributed by atoms with E-state index in [-0.39, 0.29) is 6.04 Å². The van der Waals surface area contributed by atoms with E-state index in [4.69, 9.17) is 5.73 Å². The van der Waals surface area contributed by atoms with E-state index < -0.39 is 0 Å². The summed E-state index contributed by atoms with van der Waals surface area (Å²) in [5.41, 5.74) is 7.90. The second kappa shape index (κ2) is 6.02. The fourth-order valence-corrected chi connectivity index (χ4v) is 2.24. The van der Waals surface area contributed by atoms with Gasteiger partial charge in [-0.15, -0.1) is 16.9 Å². The molecule has 18 heavy (non-hydrogen) atoms. The molecule has 1 unspecified atom stereocenters. The summed E-state index contributed by atoms with van der Waals surface area (Å²) < 4.78 is 1.78. The van der Waals surface area contributed by atoms with Gasteiger partial charge in [0, 0.05) is 4.90 Å². The third-order valence-corrected chi connectivity index (χ3v) is 3.53. The quantitative estimate of drug-likeness (QED) is 0.842. The molecule has 0 radical (unpaired) electrons. The second-order valence-electron chi connectivity index (χ2n) is 4.18. The molecular formula is C13H18N4S. The molecule has 0 spiro atoms. The molecule has 0 aliphatic heterocycles. The van der Waals surface area contributed by atoms with Crippen LogP contribution in [0, 0.1) is 0 Å². The zero-order chi connectivity index (χ0) is 13.0. The van der Waals surface area contributed by atoms with E-state index in [1.54, 1.807) is 16.4 Å². The zero-order valence-electron chi connectivity index (χ0n) is 10.7. The maximum atomic E-state index is 6.03. The summed E-state index contributed by atoms with van der Waals surface area (Å²) in [6.07, 6.45) is 5.96. The first-order valence-corrected chi connectivity index (χ1v) is 7.29. The summed E-state index contributed by atoms with van der Waals surface area (Å²) in [5, 5.41) is 8.29. The van der Waals surface area contributed by atoms with Gasteiger partial charge >= 0.3 is 0 Å². The van der Waals surface area contributed by atoms with Crippen LogP contribution in [0.25, 0.3) is 5.69 Å². The molecule has 0 aliphatic rings. The van der Waals surface area contributed by atoms with Crippen molar-refractivity contribution >= 4 is 11.8 Å². The molecule has 1 aromatic heterocycles. The van der Waals surface area contributed by atoms with Crippen molar-refractivity contribution in [2.75, 3.05) is 6.26 Å². The highest BCUT2D eigenvalue weighted by molar-refractivity contribution is 7.98. The van der Waals surface area contributed by atoms with Crippen molar-refractivity contribution in [1.82, 2.24) is 15.0 Å². The minimum Gasteiger partial charge on any atom is -0.323 e. The van der Waals surface area contributed by atoms with Crippen LogP contribution in [-0.4, -0.2) is 21.2 Å². The van der Waals surface area contributed by atoms with Crippen molar-refractivity contribution in [1.29, 1.82) is 0 Å². The standard InChI is InChI=1S/C13H18N4S/c1-3-5-12(14)13-9-17(16-15-13)10-6-4-7-11(8-10)18-2/h4,6-9,12H,3,5,14H2,1-2H3. The Kier molecular flexibility index (Phi) is 4.38. The van der Waals surface area contributed by atoms with Gasteiger partial charge in [0.15, 0.2) is 0 Å². The molecular weight excluding hydrogens is 244 g/mol. The average molecular weight is 262 g/mol. The number of nitrogens with two attached hydrogens (primary N) is 1. The van der Waals surface area contributed by atoms with Crippen LogP contribution < -0.4 is 5.73 Å². The third kappa shape index (κ3) is 2.91. The van der Waals surface area contributed by atoms with Gasteiger partial charge < -0.3 is 5.73 Å². The van der Waals surface area contributed by atoms with Crippen molar-refractivity contribution in [2.45, 2.75) is 30.7 Å². The number of aromatic nitrogens is 3. The lowest BCUT2D eigenvalue weighted by atomic mass is 10.1. The van der Waals surface area contributed by atoms with E-state index >= 15 is 0 Å². The molecule has 1 atom stereocenters. The molecule has 0 saturated heterocycles. The summed E-state index contributed by atoms with van der Waals surface area (Å²) in [5.74, 6) is 0. The second-order valence-corrected chi connectivity index (χ2v) is 5.06. The van der Waals surface area contributed by atoms with Crippen LogP contribution in [0.3, 0.4) is 0 Å². The monoisotopic (exact) mass is 262 g/mol. The summed E-state index contributed by atoms with van der Waals surface area (Å²) in [6.45, 7) is 2.12. The van der Waals surface area contributed by atoms with Gasteiger partial charge in [-0.1, -0.05) is 24.6 Å². The van der Waals surface area contributed by atoms with E-state index in [9.17, 15) is 0 Å². The van der Waals surface area contributed by atoms with Gasteiger partial charge in [0.05, 0.1) is 23.6 Å². The summed E-state index contributed by atoms with van der Waals surface area (Å²) in [4.78, 5) is 1.21. The Morgan fingerprint density at radius 2 is 2.28 bits per heavy atom. The van der Waals surface area contributed by atoms with Gasteiger partial charge in [0.25, 0.3) is 0 Å². The Hall–Kier alpha value is -1.33. The van der Waals surface area contributed by atoms with Gasteiger partial charge in [-0.3, -0.25) is 0 Å². The Balaban J connectivity index is 2.23. The molecule has 0 amide bonds. The number of hydrogen-bond acceptors (Lipinski definition) is 4. The lowest BCUT2D eigenvalue weighted by Gasteiger charge is -2.05. The summed E-state index contributed by atoms with van der Waals surface area (Å²) in [7, 11) is 0. The SMILES string of the molecule is CCCC(N)c1cn(-c2cccc(SC)c2)nn1. The van der Waals surface area contributed by atoms with Crippen LogP contribution >= 0.6 is 11.8 Å². The van der Waals surface area contributed by atoms with Gasteiger partial charge in [0.1, 0.15) is 0 Å². The van der Waals surface area contributed by atoms with Crippen molar-refractivity contribution in [3.8, 4) is 5.69 Å². The Bertz CT molecular complexity index is 509. The molecule has 0 bridgehead atoms. The molecule has 96 valence electrons. The molecule has 2 aromatic rings. The lowest BCUT2D eigenvalue weighted by Crippen LogP contribution is -2.10. The minimum atomic E-state index is -0.0208. The van der Waals surface area contributed by atoms with Gasteiger partial charge in [-0.05, 0) is 30.9 Å².